The number of H-pyrrole nitrogens is 1. The number of rotatable bonds is 3. The highest BCUT2D eigenvalue weighted by atomic mass is 19.1. The number of phenols is 1. The maximum absolute atomic E-state index is 14.0. The van der Waals surface area contributed by atoms with E-state index < -0.39 is 5.82 Å². The van der Waals surface area contributed by atoms with Gasteiger partial charge in [0.05, 0.1) is 5.56 Å². The third-order valence-corrected chi connectivity index (χ3v) is 3.92. The Morgan fingerprint density at radius 2 is 1.88 bits per heavy atom. The Bertz CT molecular complexity index is 939. The summed E-state index contributed by atoms with van der Waals surface area (Å²) in [6, 6.07) is 7.50. The molecule has 0 bridgehead atoms. The molecule has 3 rings (SSSR count). The van der Waals surface area contributed by atoms with E-state index in [1.165, 1.54) is 12.1 Å². The molecule has 25 heavy (non-hydrogen) atoms. The third-order valence-electron chi connectivity index (χ3n) is 3.92. The van der Waals surface area contributed by atoms with Crippen LogP contribution >= 0.6 is 0 Å². The molecule has 8 heteroatoms. The zero-order chi connectivity index (χ0) is 18.1. The lowest BCUT2D eigenvalue weighted by Crippen LogP contribution is -2.22. The standard InChI is InChI=1S/C17H18FN5O2/c1-9-4-5-10(2)23(9)17-15(11(3)20-21-17)16(22-25)19-14-7-6-12(24)8-13(14)18/h4-8,24-25H,1-3H3,(H,19,22)(H,20,21). The van der Waals surface area contributed by atoms with Crippen LogP contribution in [0.3, 0.4) is 0 Å². The predicted octanol–water partition coefficient (Wildman–Crippen LogP) is 3.03. The van der Waals surface area contributed by atoms with Crippen molar-refractivity contribution in [2.45, 2.75) is 20.8 Å². The number of amidine groups is 1. The van der Waals surface area contributed by atoms with Gasteiger partial charge in [0.15, 0.2) is 17.5 Å². The Morgan fingerprint density at radius 3 is 2.48 bits per heavy atom. The van der Waals surface area contributed by atoms with E-state index >= 15 is 0 Å². The Balaban J connectivity index is 2.17. The van der Waals surface area contributed by atoms with E-state index in [2.05, 4.69) is 15.2 Å². The first-order valence-electron chi connectivity index (χ1n) is 7.60. The molecule has 0 saturated carbocycles. The Morgan fingerprint density at radius 1 is 1.20 bits per heavy atom. The molecule has 2 heterocycles. The molecule has 0 aliphatic rings. The SMILES string of the molecule is Cc1[nH]nc(-n2c(C)ccc2C)c1C(=Nc1ccc(O)cc1F)NO. The number of hydroxylamine groups is 1. The fourth-order valence-corrected chi connectivity index (χ4v) is 2.71. The van der Waals surface area contributed by atoms with Gasteiger partial charge in [-0.25, -0.2) is 9.38 Å². The summed E-state index contributed by atoms with van der Waals surface area (Å²) in [6.07, 6.45) is 0. The Kier molecular flexibility index (Phi) is 4.28. The average molecular weight is 343 g/mol. The minimum absolute atomic E-state index is 0.0261. The van der Waals surface area contributed by atoms with Crippen molar-refractivity contribution >= 4 is 11.5 Å². The van der Waals surface area contributed by atoms with Crippen molar-refractivity contribution in [2.75, 3.05) is 0 Å². The lowest BCUT2D eigenvalue weighted by molar-refractivity contribution is 0.235. The van der Waals surface area contributed by atoms with Crippen LogP contribution in [0.1, 0.15) is 22.6 Å². The minimum atomic E-state index is -0.705. The van der Waals surface area contributed by atoms with Gasteiger partial charge in [-0.15, -0.1) is 0 Å². The smallest absolute Gasteiger partial charge is 0.170 e. The highest BCUT2D eigenvalue weighted by molar-refractivity contribution is 6.03. The van der Waals surface area contributed by atoms with Crippen molar-refractivity contribution in [1.82, 2.24) is 20.2 Å². The molecular formula is C17H18FN5O2. The number of aliphatic imine (C=N–C) groups is 1. The van der Waals surface area contributed by atoms with Gasteiger partial charge in [0.25, 0.3) is 0 Å². The largest absolute Gasteiger partial charge is 0.508 e. The van der Waals surface area contributed by atoms with Crippen LogP contribution in [-0.2, 0) is 0 Å². The molecule has 2 aromatic heterocycles. The predicted molar refractivity (Wildman–Crippen MR) is 91.3 cm³/mol. The van der Waals surface area contributed by atoms with E-state index in [0.717, 1.165) is 17.5 Å². The van der Waals surface area contributed by atoms with Crippen LogP contribution in [0.5, 0.6) is 5.75 Å². The van der Waals surface area contributed by atoms with E-state index in [-0.39, 0.29) is 17.3 Å². The molecule has 4 N–H and O–H groups in total. The number of nitrogens with zero attached hydrogens (tertiary/aromatic N) is 3. The van der Waals surface area contributed by atoms with Crippen molar-refractivity contribution in [1.29, 1.82) is 0 Å². The monoisotopic (exact) mass is 343 g/mol. The first-order valence-corrected chi connectivity index (χ1v) is 7.60. The average Bonchev–Trinajstić information content (AvgIpc) is 3.09. The maximum Gasteiger partial charge on any atom is 0.170 e. The third kappa shape index (κ3) is 2.99. The lowest BCUT2D eigenvalue weighted by Gasteiger charge is -2.11. The molecule has 0 amide bonds. The van der Waals surface area contributed by atoms with Crippen molar-refractivity contribution in [3.63, 3.8) is 0 Å². The maximum atomic E-state index is 14.0. The van der Waals surface area contributed by atoms with Gasteiger partial charge in [-0.3, -0.25) is 15.8 Å². The lowest BCUT2D eigenvalue weighted by atomic mass is 10.2. The number of halogens is 1. The molecule has 0 aliphatic heterocycles. The summed E-state index contributed by atoms with van der Waals surface area (Å²) in [6.45, 7) is 5.65. The molecule has 0 aliphatic carbocycles. The van der Waals surface area contributed by atoms with Gasteiger partial charge >= 0.3 is 0 Å². The molecule has 3 aromatic rings. The molecular weight excluding hydrogens is 325 g/mol. The second kappa shape index (κ2) is 6.40. The highest BCUT2D eigenvalue weighted by Crippen LogP contribution is 2.25. The van der Waals surface area contributed by atoms with Gasteiger partial charge in [-0.05, 0) is 45.0 Å². The molecule has 130 valence electrons. The summed E-state index contributed by atoms with van der Waals surface area (Å²) in [7, 11) is 0. The molecule has 0 fully saturated rings. The van der Waals surface area contributed by atoms with Crippen LogP contribution in [-0.4, -0.2) is 30.9 Å². The van der Waals surface area contributed by atoms with E-state index in [4.69, 9.17) is 0 Å². The topological polar surface area (TPSA) is 98.5 Å². The van der Waals surface area contributed by atoms with Crippen molar-refractivity contribution in [3.8, 4) is 11.6 Å². The van der Waals surface area contributed by atoms with Gasteiger partial charge in [0, 0.05) is 23.1 Å². The van der Waals surface area contributed by atoms with Crippen molar-refractivity contribution in [2.24, 2.45) is 4.99 Å². The molecule has 7 nitrogen and oxygen atoms in total. The number of benzene rings is 1. The quantitative estimate of drug-likeness (QED) is 0.334. The number of hydrogen-bond acceptors (Lipinski definition) is 4. The summed E-state index contributed by atoms with van der Waals surface area (Å²) in [5.74, 6) is -0.326. The zero-order valence-electron chi connectivity index (χ0n) is 14.0. The Labute approximate surface area is 143 Å². The summed E-state index contributed by atoms with van der Waals surface area (Å²) in [4.78, 5) is 4.15. The summed E-state index contributed by atoms with van der Waals surface area (Å²) in [5, 5.41) is 26.1. The fraction of sp³-hybridized carbons (Fsp3) is 0.176. The first kappa shape index (κ1) is 16.7. The van der Waals surface area contributed by atoms with Gasteiger partial charge in [0.1, 0.15) is 11.4 Å². The number of aromatic nitrogens is 3. The molecule has 0 spiro atoms. The zero-order valence-corrected chi connectivity index (χ0v) is 14.0. The number of nitrogens with one attached hydrogen (secondary N) is 2. The number of phenolic OH excluding ortho intramolecular Hbond substituents is 1. The van der Waals surface area contributed by atoms with E-state index in [9.17, 15) is 14.7 Å². The van der Waals surface area contributed by atoms with Gasteiger partial charge in [-0.1, -0.05) is 0 Å². The molecule has 0 radical (unpaired) electrons. The van der Waals surface area contributed by atoms with Gasteiger partial charge < -0.3 is 9.67 Å². The Hall–Kier alpha value is -3.13. The number of hydrogen-bond donors (Lipinski definition) is 4. The van der Waals surface area contributed by atoms with E-state index in [1.54, 1.807) is 6.92 Å². The van der Waals surface area contributed by atoms with Crippen LogP contribution in [0.15, 0.2) is 35.3 Å². The van der Waals surface area contributed by atoms with Crippen LogP contribution in [0.4, 0.5) is 10.1 Å². The second-order valence-electron chi connectivity index (χ2n) is 5.71. The summed E-state index contributed by atoms with van der Waals surface area (Å²) >= 11 is 0. The van der Waals surface area contributed by atoms with E-state index in [0.29, 0.717) is 17.1 Å². The molecule has 0 atom stereocenters. The van der Waals surface area contributed by atoms with Crippen LogP contribution in [0.2, 0.25) is 0 Å². The minimum Gasteiger partial charge on any atom is -0.508 e. The second-order valence-corrected chi connectivity index (χ2v) is 5.71. The van der Waals surface area contributed by atoms with Crippen LogP contribution in [0.25, 0.3) is 5.82 Å². The van der Waals surface area contributed by atoms with E-state index in [1.807, 2.05) is 36.0 Å². The summed E-state index contributed by atoms with van der Waals surface area (Å²) < 4.78 is 15.9. The molecule has 0 unspecified atom stereocenters. The van der Waals surface area contributed by atoms with Crippen LogP contribution in [0, 0.1) is 26.6 Å². The fourth-order valence-electron chi connectivity index (χ4n) is 2.71. The highest BCUT2D eigenvalue weighted by Gasteiger charge is 2.20. The van der Waals surface area contributed by atoms with Gasteiger partial charge in [-0.2, -0.15) is 5.10 Å². The summed E-state index contributed by atoms with van der Waals surface area (Å²) in [5.41, 5.74) is 5.08. The normalized spacial score (nSPS) is 11.8. The van der Waals surface area contributed by atoms with Crippen LogP contribution < -0.4 is 5.48 Å². The van der Waals surface area contributed by atoms with Gasteiger partial charge in [0.2, 0.25) is 0 Å². The molecule has 1 aromatic carbocycles. The molecule has 0 saturated heterocycles. The van der Waals surface area contributed by atoms with Crippen molar-refractivity contribution < 1.29 is 14.7 Å². The number of aromatic hydroxyl groups is 1. The first-order chi connectivity index (χ1) is 11.9. The van der Waals surface area contributed by atoms with Crippen molar-refractivity contribution in [3.05, 3.63) is 58.8 Å². The number of aromatic amines is 1. The number of aryl methyl sites for hydroxylation is 3.